The number of rotatable bonds is 10. The van der Waals surface area contributed by atoms with Crippen molar-refractivity contribution in [2.45, 2.75) is 57.7 Å². The molecule has 0 unspecified atom stereocenters. The molecule has 20 heavy (non-hydrogen) atoms. The highest BCUT2D eigenvalue weighted by molar-refractivity contribution is 6.71. The van der Waals surface area contributed by atoms with Crippen LogP contribution in [0.1, 0.15) is 6.42 Å². The third-order valence-corrected chi connectivity index (χ3v) is 6.64. The van der Waals surface area contributed by atoms with E-state index in [4.69, 9.17) is 8.85 Å². The number of amides is 1. The van der Waals surface area contributed by atoms with Gasteiger partial charge in [0.05, 0.1) is 9.52 Å². The van der Waals surface area contributed by atoms with E-state index < -0.39 is 26.2 Å². The average Bonchev–Trinajstić information content (AvgIpc) is 2.23. The summed E-state index contributed by atoms with van der Waals surface area (Å²) in [5, 5.41) is 2.80. The summed E-state index contributed by atoms with van der Waals surface area (Å²) < 4.78 is 12.3. The van der Waals surface area contributed by atoms with Crippen molar-refractivity contribution in [2.75, 3.05) is 6.54 Å². The zero-order chi connectivity index (χ0) is 15.8. The monoisotopic (exact) mass is 333 g/mol. The minimum atomic E-state index is -1.56. The fraction of sp³-hybridized carbons (Fsp3) is 0.769. The van der Waals surface area contributed by atoms with Crippen LogP contribution >= 0.6 is 0 Å². The fourth-order valence-corrected chi connectivity index (χ4v) is 8.23. The molecule has 0 rings (SSSR count). The zero-order valence-corrected chi connectivity index (χ0v) is 17.3. The van der Waals surface area contributed by atoms with E-state index in [2.05, 4.69) is 51.2 Å². The molecule has 0 aromatic carbocycles. The van der Waals surface area contributed by atoms with Crippen LogP contribution in [0.5, 0.6) is 0 Å². The number of carbonyl (C=O) groups is 1. The molecule has 0 aromatic rings. The lowest BCUT2D eigenvalue weighted by atomic mass is 10.4. The van der Waals surface area contributed by atoms with Crippen molar-refractivity contribution in [3.05, 3.63) is 12.7 Å². The van der Waals surface area contributed by atoms with Crippen LogP contribution in [0.15, 0.2) is 12.7 Å². The van der Waals surface area contributed by atoms with E-state index in [-0.39, 0.29) is 11.8 Å². The van der Waals surface area contributed by atoms with Gasteiger partial charge < -0.3 is 14.2 Å². The molecular formula is C13H31NO3Si3. The molecule has 0 saturated heterocycles. The quantitative estimate of drug-likeness (QED) is 0.289. The summed E-state index contributed by atoms with van der Waals surface area (Å²) in [6.07, 6.45) is 2.30. The maximum absolute atomic E-state index is 11.0. The second-order valence-electron chi connectivity index (χ2n) is 6.88. The van der Waals surface area contributed by atoms with Crippen LogP contribution in [-0.4, -0.2) is 44.5 Å². The van der Waals surface area contributed by atoms with Gasteiger partial charge in [-0.25, -0.2) is 0 Å². The molecule has 0 aliphatic rings. The highest BCUT2D eigenvalue weighted by Crippen LogP contribution is 2.14. The first-order valence-electron chi connectivity index (χ1n) is 7.29. The Morgan fingerprint density at radius 1 is 1.20 bits per heavy atom. The van der Waals surface area contributed by atoms with Crippen LogP contribution in [-0.2, 0) is 13.6 Å². The van der Waals surface area contributed by atoms with Gasteiger partial charge in [0.1, 0.15) is 5.91 Å². The largest absolute Gasteiger partial charge is 0.398 e. The van der Waals surface area contributed by atoms with Gasteiger partial charge in [-0.15, -0.1) is 0 Å². The molecule has 0 radical (unpaired) electrons. The molecule has 0 aromatic heterocycles. The Balaban J connectivity index is 4.10. The summed E-state index contributed by atoms with van der Waals surface area (Å²) in [7, 11) is -3.56. The normalized spacial score (nSPS) is 13.2. The second-order valence-corrected chi connectivity index (χ2v) is 17.8. The molecule has 0 heterocycles. The van der Waals surface area contributed by atoms with E-state index in [0.717, 1.165) is 12.5 Å². The SMILES string of the molecule is C=CC(=O)NCCC[SiH2]C(O[Si](C)(C)C)O[Si](C)(C)C. The van der Waals surface area contributed by atoms with E-state index >= 15 is 0 Å². The van der Waals surface area contributed by atoms with Crippen LogP contribution in [0.4, 0.5) is 0 Å². The molecule has 1 amide bonds. The molecule has 1 N–H and O–H groups in total. The van der Waals surface area contributed by atoms with E-state index in [9.17, 15) is 4.79 Å². The first-order valence-corrected chi connectivity index (χ1v) is 15.9. The molecular weight excluding hydrogens is 302 g/mol. The van der Waals surface area contributed by atoms with Crippen molar-refractivity contribution in [2.24, 2.45) is 0 Å². The van der Waals surface area contributed by atoms with Gasteiger partial charge in [-0.05, 0) is 51.8 Å². The maximum Gasteiger partial charge on any atom is 0.243 e. The van der Waals surface area contributed by atoms with Gasteiger partial charge in [0, 0.05) is 6.54 Å². The Labute approximate surface area is 128 Å². The summed E-state index contributed by atoms with van der Waals surface area (Å²) in [5.41, 5.74) is 0. The van der Waals surface area contributed by atoms with Crippen LogP contribution in [0.25, 0.3) is 0 Å². The molecule has 0 aliphatic heterocycles. The van der Waals surface area contributed by atoms with Crippen LogP contribution < -0.4 is 5.32 Å². The average molecular weight is 334 g/mol. The minimum absolute atomic E-state index is 0.0449. The summed E-state index contributed by atoms with van der Waals surface area (Å²) in [5.74, 6) is -0.0525. The van der Waals surface area contributed by atoms with Gasteiger partial charge in [-0.2, -0.15) is 0 Å². The van der Waals surface area contributed by atoms with Crippen LogP contribution in [0.2, 0.25) is 45.3 Å². The van der Waals surface area contributed by atoms with Crippen molar-refractivity contribution in [3.63, 3.8) is 0 Å². The molecule has 7 heteroatoms. The third-order valence-electron chi connectivity index (χ3n) is 2.32. The number of hydrogen-bond donors (Lipinski definition) is 1. The Kier molecular flexibility index (Phi) is 8.84. The maximum atomic E-state index is 11.0. The fourth-order valence-electron chi connectivity index (χ4n) is 1.65. The Bertz CT molecular complexity index is 295. The van der Waals surface area contributed by atoms with E-state index in [0.29, 0.717) is 6.54 Å². The number of hydrogen-bond acceptors (Lipinski definition) is 3. The van der Waals surface area contributed by atoms with Gasteiger partial charge in [0.25, 0.3) is 0 Å². The Hall–Kier alpha value is -0.219. The summed E-state index contributed by atoms with van der Waals surface area (Å²) in [6, 6.07) is 1.12. The van der Waals surface area contributed by atoms with Crippen molar-refractivity contribution >= 4 is 32.1 Å². The smallest absolute Gasteiger partial charge is 0.243 e. The Morgan fingerprint density at radius 3 is 2.10 bits per heavy atom. The van der Waals surface area contributed by atoms with E-state index in [1.807, 2.05) is 0 Å². The molecule has 0 aliphatic carbocycles. The van der Waals surface area contributed by atoms with E-state index in [1.54, 1.807) is 0 Å². The van der Waals surface area contributed by atoms with Crippen molar-refractivity contribution in [1.29, 1.82) is 0 Å². The van der Waals surface area contributed by atoms with Gasteiger partial charge in [0.15, 0.2) is 16.6 Å². The molecule has 0 saturated carbocycles. The van der Waals surface area contributed by atoms with Crippen LogP contribution in [0, 0.1) is 0 Å². The van der Waals surface area contributed by atoms with Gasteiger partial charge >= 0.3 is 0 Å². The second kappa shape index (κ2) is 8.93. The lowest BCUT2D eigenvalue weighted by molar-refractivity contribution is -0.116. The van der Waals surface area contributed by atoms with Crippen molar-refractivity contribution in [3.8, 4) is 0 Å². The predicted octanol–water partition coefficient (Wildman–Crippen LogP) is 2.25. The van der Waals surface area contributed by atoms with Crippen molar-refractivity contribution in [1.82, 2.24) is 5.32 Å². The lowest BCUT2D eigenvalue weighted by Gasteiger charge is -2.31. The van der Waals surface area contributed by atoms with Gasteiger partial charge in [-0.3, -0.25) is 4.79 Å². The number of nitrogens with one attached hydrogen (secondary N) is 1. The minimum Gasteiger partial charge on any atom is -0.398 e. The first kappa shape index (κ1) is 19.8. The zero-order valence-electron chi connectivity index (χ0n) is 13.9. The highest BCUT2D eigenvalue weighted by Gasteiger charge is 2.26. The molecule has 0 atom stereocenters. The Morgan fingerprint density at radius 2 is 1.70 bits per heavy atom. The predicted molar refractivity (Wildman–Crippen MR) is 93.8 cm³/mol. The summed E-state index contributed by atoms with van der Waals surface area (Å²) >= 11 is 0. The highest BCUT2D eigenvalue weighted by atomic mass is 28.4. The molecule has 118 valence electrons. The summed E-state index contributed by atoms with van der Waals surface area (Å²) in [4.78, 5) is 11.0. The summed E-state index contributed by atoms with van der Waals surface area (Å²) in [6.45, 7) is 17.4. The number of carbonyl (C=O) groups excluding carboxylic acids is 1. The lowest BCUT2D eigenvalue weighted by Crippen LogP contribution is -2.43. The topological polar surface area (TPSA) is 47.6 Å². The molecule has 0 spiro atoms. The van der Waals surface area contributed by atoms with Gasteiger partial charge in [-0.1, -0.05) is 12.6 Å². The van der Waals surface area contributed by atoms with Crippen molar-refractivity contribution < 1.29 is 13.6 Å². The van der Waals surface area contributed by atoms with Gasteiger partial charge in [0.2, 0.25) is 5.91 Å². The molecule has 0 bridgehead atoms. The first-order chi connectivity index (χ1) is 9.03. The third kappa shape index (κ3) is 12.8. The molecule has 0 fully saturated rings. The van der Waals surface area contributed by atoms with Crippen LogP contribution in [0.3, 0.4) is 0 Å². The standard InChI is InChI=1S/C13H31NO3Si3/c1-8-12(15)14-10-9-11-18-13(16-19(2,3)4)17-20(5,6)7/h8,13H,1,9-11,18H2,2-7H3,(H,14,15). The van der Waals surface area contributed by atoms with E-state index in [1.165, 1.54) is 6.08 Å². The molecule has 4 nitrogen and oxygen atoms in total.